The highest BCUT2D eigenvalue weighted by Gasteiger charge is 2.22. The first-order valence-electron chi connectivity index (χ1n) is 6.48. The molecule has 4 nitrogen and oxygen atoms in total. The molecule has 2 heterocycles. The van der Waals surface area contributed by atoms with Crippen molar-refractivity contribution < 1.29 is 9.21 Å². The van der Waals surface area contributed by atoms with E-state index in [-0.39, 0.29) is 5.56 Å². The van der Waals surface area contributed by atoms with Gasteiger partial charge in [-0.15, -0.1) is 0 Å². The second-order valence-corrected chi connectivity index (χ2v) is 4.96. The predicted molar refractivity (Wildman–Crippen MR) is 74.1 cm³/mol. The normalized spacial score (nSPS) is 15.1. The van der Waals surface area contributed by atoms with Gasteiger partial charge in [0, 0.05) is 18.5 Å². The number of fused-ring (bicyclic) bond motifs is 1. The maximum absolute atomic E-state index is 11.9. The maximum Gasteiger partial charge on any atom is 0.349 e. The molecular formula is C15H15NO3. The molecular weight excluding hydrogens is 242 g/mol. The summed E-state index contributed by atoms with van der Waals surface area (Å²) < 4.78 is 5.23. The lowest BCUT2D eigenvalue weighted by atomic mass is 10.1. The van der Waals surface area contributed by atoms with Crippen molar-refractivity contribution in [2.75, 3.05) is 18.0 Å². The van der Waals surface area contributed by atoms with Crippen LogP contribution in [0.4, 0.5) is 5.69 Å². The van der Waals surface area contributed by atoms with Crippen molar-refractivity contribution in [1.82, 2.24) is 0 Å². The molecule has 0 N–H and O–H groups in total. The first kappa shape index (κ1) is 12.0. The van der Waals surface area contributed by atoms with E-state index < -0.39 is 5.63 Å². The standard InChI is InChI=1S/C15H15NO3/c1-10-4-5-13-11(8-10)14(16-6-2-3-7-16)12(9-17)15(18)19-13/h4-5,8-9H,2-3,6-7H2,1H3. The molecule has 4 heteroatoms. The Hall–Kier alpha value is -2.10. The van der Waals surface area contributed by atoms with Crippen molar-refractivity contribution in [2.24, 2.45) is 0 Å². The average Bonchev–Trinajstić information content (AvgIpc) is 2.91. The summed E-state index contributed by atoms with van der Waals surface area (Å²) in [5.74, 6) is 0. The van der Waals surface area contributed by atoms with Crippen LogP contribution in [-0.4, -0.2) is 19.4 Å². The SMILES string of the molecule is Cc1ccc2oc(=O)c(C=O)c(N3CCCC3)c2c1. The van der Waals surface area contributed by atoms with Gasteiger partial charge in [-0.3, -0.25) is 4.79 Å². The monoisotopic (exact) mass is 257 g/mol. The fraction of sp³-hybridized carbons (Fsp3) is 0.333. The van der Waals surface area contributed by atoms with Gasteiger partial charge in [0.1, 0.15) is 11.1 Å². The van der Waals surface area contributed by atoms with Crippen LogP contribution in [0.5, 0.6) is 0 Å². The first-order chi connectivity index (χ1) is 9.20. The molecule has 0 saturated carbocycles. The fourth-order valence-electron chi connectivity index (χ4n) is 2.70. The molecule has 0 spiro atoms. The van der Waals surface area contributed by atoms with Gasteiger partial charge in [0.15, 0.2) is 6.29 Å². The van der Waals surface area contributed by atoms with E-state index in [1.54, 1.807) is 6.07 Å². The van der Waals surface area contributed by atoms with Gasteiger partial charge in [0.2, 0.25) is 0 Å². The second kappa shape index (κ2) is 4.53. The fourth-order valence-corrected chi connectivity index (χ4v) is 2.70. The largest absolute Gasteiger partial charge is 0.422 e. The number of anilines is 1. The molecule has 1 aliphatic heterocycles. The first-order valence-corrected chi connectivity index (χ1v) is 6.48. The van der Waals surface area contributed by atoms with E-state index in [0.717, 1.165) is 42.6 Å². The number of carbonyl (C=O) groups excluding carboxylic acids is 1. The minimum atomic E-state index is -0.548. The molecule has 0 amide bonds. The quantitative estimate of drug-likeness (QED) is 0.612. The predicted octanol–water partition coefficient (Wildman–Crippen LogP) is 2.51. The highest BCUT2D eigenvalue weighted by molar-refractivity contribution is 5.99. The lowest BCUT2D eigenvalue weighted by Crippen LogP contribution is -2.23. The van der Waals surface area contributed by atoms with Crippen molar-refractivity contribution in [3.63, 3.8) is 0 Å². The van der Waals surface area contributed by atoms with Crippen molar-refractivity contribution in [2.45, 2.75) is 19.8 Å². The van der Waals surface area contributed by atoms with Crippen LogP contribution in [0.1, 0.15) is 28.8 Å². The van der Waals surface area contributed by atoms with E-state index in [0.29, 0.717) is 11.9 Å². The van der Waals surface area contributed by atoms with E-state index in [1.165, 1.54) is 0 Å². The molecule has 1 saturated heterocycles. The number of hydrogen-bond acceptors (Lipinski definition) is 4. The summed E-state index contributed by atoms with van der Waals surface area (Å²) in [6, 6.07) is 5.67. The third-order valence-electron chi connectivity index (χ3n) is 3.61. The summed E-state index contributed by atoms with van der Waals surface area (Å²) >= 11 is 0. The molecule has 1 aromatic carbocycles. The zero-order valence-corrected chi connectivity index (χ0v) is 10.8. The highest BCUT2D eigenvalue weighted by atomic mass is 16.4. The Kier molecular flexibility index (Phi) is 2.85. The Morgan fingerprint density at radius 2 is 2.00 bits per heavy atom. The van der Waals surface area contributed by atoms with Crippen LogP contribution >= 0.6 is 0 Å². The van der Waals surface area contributed by atoms with Crippen molar-refractivity contribution >= 4 is 22.9 Å². The van der Waals surface area contributed by atoms with E-state index in [9.17, 15) is 9.59 Å². The molecule has 3 rings (SSSR count). The number of aldehydes is 1. The van der Waals surface area contributed by atoms with Crippen LogP contribution in [0.25, 0.3) is 11.0 Å². The molecule has 0 bridgehead atoms. The van der Waals surface area contributed by atoms with Crippen LogP contribution in [0, 0.1) is 6.92 Å². The lowest BCUT2D eigenvalue weighted by molar-refractivity contribution is 0.112. The van der Waals surface area contributed by atoms with Gasteiger partial charge in [-0.1, -0.05) is 11.6 Å². The molecule has 1 aromatic heterocycles. The number of rotatable bonds is 2. The number of aryl methyl sites for hydroxylation is 1. The highest BCUT2D eigenvalue weighted by Crippen LogP contribution is 2.31. The van der Waals surface area contributed by atoms with Crippen LogP contribution in [0.2, 0.25) is 0 Å². The summed E-state index contributed by atoms with van der Waals surface area (Å²) in [5.41, 5.74) is 1.96. The molecule has 2 aromatic rings. The van der Waals surface area contributed by atoms with Crippen molar-refractivity contribution in [3.05, 3.63) is 39.7 Å². The van der Waals surface area contributed by atoms with Crippen molar-refractivity contribution in [3.8, 4) is 0 Å². The second-order valence-electron chi connectivity index (χ2n) is 4.96. The zero-order chi connectivity index (χ0) is 13.4. The van der Waals surface area contributed by atoms with Gasteiger partial charge in [-0.05, 0) is 31.9 Å². The molecule has 1 fully saturated rings. The molecule has 98 valence electrons. The lowest BCUT2D eigenvalue weighted by Gasteiger charge is -2.20. The Labute approximate surface area is 110 Å². The van der Waals surface area contributed by atoms with Gasteiger partial charge in [0.05, 0.1) is 5.69 Å². The van der Waals surface area contributed by atoms with Gasteiger partial charge < -0.3 is 9.32 Å². The number of benzene rings is 1. The van der Waals surface area contributed by atoms with Gasteiger partial charge >= 0.3 is 5.63 Å². The Morgan fingerprint density at radius 1 is 1.26 bits per heavy atom. The molecule has 1 aliphatic rings. The summed E-state index contributed by atoms with van der Waals surface area (Å²) in [5, 5.41) is 0.851. The summed E-state index contributed by atoms with van der Waals surface area (Å²) in [6.45, 7) is 3.75. The van der Waals surface area contributed by atoms with E-state index >= 15 is 0 Å². The summed E-state index contributed by atoms with van der Waals surface area (Å²) in [7, 11) is 0. The Morgan fingerprint density at radius 3 is 2.68 bits per heavy atom. The molecule has 0 atom stereocenters. The molecule has 0 radical (unpaired) electrons. The van der Waals surface area contributed by atoms with Crippen LogP contribution in [-0.2, 0) is 0 Å². The van der Waals surface area contributed by atoms with Crippen molar-refractivity contribution in [1.29, 1.82) is 0 Å². The number of hydrogen-bond donors (Lipinski definition) is 0. The van der Waals surface area contributed by atoms with Gasteiger partial charge in [-0.2, -0.15) is 0 Å². The van der Waals surface area contributed by atoms with Crippen LogP contribution < -0.4 is 10.5 Å². The zero-order valence-electron chi connectivity index (χ0n) is 10.8. The third kappa shape index (κ3) is 1.93. The molecule has 0 aliphatic carbocycles. The van der Waals surface area contributed by atoms with Gasteiger partial charge in [0.25, 0.3) is 0 Å². The number of nitrogens with zero attached hydrogens (tertiary/aromatic N) is 1. The average molecular weight is 257 g/mol. The van der Waals surface area contributed by atoms with Crippen LogP contribution in [0.15, 0.2) is 27.4 Å². The van der Waals surface area contributed by atoms with Crippen LogP contribution in [0.3, 0.4) is 0 Å². The summed E-state index contributed by atoms with van der Waals surface area (Å²) in [4.78, 5) is 25.3. The Bertz CT molecular complexity index is 696. The molecule has 0 unspecified atom stereocenters. The minimum Gasteiger partial charge on any atom is -0.422 e. The van der Waals surface area contributed by atoms with E-state index in [4.69, 9.17) is 4.42 Å². The topological polar surface area (TPSA) is 50.5 Å². The maximum atomic E-state index is 11.9. The molecule has 19 heavy (non-hydrogen) atoms. The number of carbonyl (C=O) groups is 1. The van der Waals surface area contributed by atoms with E-state index in [2.05, 4.69) is 4.90 Å². The Balaban J connectivity index is 2.38. The smallest absolute Gasteiger partial charge is 0.349 e. The minimum absolute atomic E-state index is 0.139. The third-order valence-corrected chi connectivity index (χ3v) is 3.61. The van der Waals surface area contributed by atoms with E-state index in [1.807, 2.05) is 19.1 Å². The van der Waals surface area contributed by atoms with Gasteiger partial charge in [-0.25, -0.2) is 4.79 Å². The summed E-state index contributed by atoms with van der Waals surface area (Å²) in [6.07, 6.45) is 2.79.